The van der Waals surface area contributed by atoms with Gasteiger partial charge in [0.05, 0.1) is 0 Å². The number of likely N-dealkylation sites (tertiary alicyclic amines) is 1. The zero-order valence-electron chi connectivity index (χ0n) is 11.2. The molecule has 3 nitrogen and oxygen atoms in total. The van der Waals surface area contributed by atoms with E-state index in [1.165, 1.54) is 65.1 Å². The first-order valence-electron chi connectivity index (χ1n) is 7.02. The molecule has 0 saturated carbocycles. The minimum atomic E-state index is 1.16. The van der Waals surface area contributed by atoms with Gasteiger partial charge in [0.25, 0.3) is 0 Å². The molecule has 0 unspecified atom stereocenters. The summed E-state index contributed by atoms with van der Waals surface area (Å²) >= 11 is 0. The van der Waals surface area contributed by atoms with E-state index in [9.17, 15) is 0 Å². The first-order chi connectivity index (χ1) is 7.86. The van der Waals surface area contributed by atoms with Gasteiger partial charge in [-0.25, -0.2) is 0 Å². The summed E-state index contributed by atoms with van der Waals surface area (Å²) in [7, 11) is 0. The van der Waals surface area contributed by atoms with Crippen molar-refractivity contribution in [2.24, 2.45) is 0 Å². The molecule has 0 amide bonds. The SMILES string of the molecule is CCN(CC)CCCNCCN1CCCC1. The molecular weight excluding hydrogens is 198 g/mol. The highest BCUT2D eigenvalue weighted by molar-refractivity contribution is 4.66. The monoisotopic (exact) mass is 227 g/mol. The first-order valence-corrected chi connectivity index (χ1v) is 7.02. The van der Waals surface area contributed by atoms with Crippen LogP contribution in [0.4, 0.5) is 0 Å². The highest BCUT2D eigenvalue weighted by Gasteiger charge is 2.09. The summed E-state index contributed by atoms with van der Waals surface area (Å²) in [5.74, 6) is 0. The fourth-order valence-corrected chi connectivity index (χ4v) is 2.34. The average Bonchev–Trinajstić information content (AvgIpc) is 2.81. The minimum absolute atomic E-state index is 1.16. The van der Waals surface area contributed by atoms with E-state index in [0.717, 1.165) is 6.54 Å². The van der Waals surface area contributed by atoms with Gasteiger partial charge >= 0.3 is 0 Å². The van der Waals surface area contributed by atoms with Gasteiger partial charge in [-0.3, -0.25) is 0 Å². The van der Waals surface area contributed by atoms with Crippen LogP contribution >= 0.6 is 0 Å². The summed E-state index contributed by atoms with van der Waals surface area (Å²) in [4.78, 5) is 5.06. The van der Waals surface area contributed by atoms with E-state index in [1.807, 2.05) is 0 Å². The van der Waals surface area contributed by atoms with Crippen LogP contribution in [-0.4, -0.2) is 62.2 Å². The lowest BCUT2D eigenvalue weighted by molar-refractivity contribution is 0.294. The Morgan fingerprint density at radius 2 is 1.75 bits per heavy atom. The van der Waals surface area contributed by atoms with Gasteiger partial charge < -0.3 is 15.1 Å². The zero-order chi connectivity index (χ0) is 11.6. The molecule has 0 radical (unpaired) electrons. The van der Waals surface area contributed by atoms with Gasteiger partial charge in [0.1, 0.15) is 0 Å². The third-order valence-corrected chi connectivity index (χ3v) is 3.53. The van der Waals surface area contributed by atoms with Crippen molar-refractivity contribution in [2.45, 2.75) is 33.1 Å². The van der Waals surface area contributed by atoms with E-state index >= 15 is 0 Å². The maximum absolute atomic E-state index is 3.55. The third-order valence-electron chi connectivity index (χ3n) is 3.53. The van der Waals surface area contributed by atoms with Crippen LogP contribution in [0.2, 0.25) is 0 Å². The van der Waals surface area contributed by atoms with Crippen LogP contribution in [0, 0.1) is 0 Å². The zero-order valence-corrected chi connectivity index (χ0v) is 11.2. The highest BCUT2D eigenvalue weighted by Crippen LogP contribution is 2.05. The number of hydrogen-bond donors (Lipinski definition) is 1. The lowest BCUT2D eigenvalue weighted by atomic mass is 10.3. The standard InChI is InChI=1S/C13H29N3/c1-3-15(4-2)12-7-8-14-9-13-16-10-5-6-11-16/h14H,3-13H2,1-2H3. The molecule has 0 aromatic rings. The van der Waals surface area contributed by atoms with E-state index in [4.69, 9.17) is 0 Å². The Hall–Kier alpha value is -0.120. The fraction of sp³-hybridized carbons (Fsp3) is 1.00. The van der Waals surface area contributed by atoms with Gasteiger partial charge in [0, 0.05) is 13.1 Å². The molecule has 1 fully saturated rings. The molecule has 96 valence electrons. The molecule has 1 aliphatic heterocycles. The van der Waals surface area contributed by atoms with Gasteiger partial charge in [0.2, 0.25) is 0 Å². The predicted octanol–water partition coefficient (Wildman–Crippen LogP) is 1.40. The summed E-state index contributed by atoms with van der Waals surface area (Å²) in [6.07, 6.45) is 4.09. The topological polar surface area (TPSA) is 18.5 Å². The van der Waals surface area contributed by atoms with Gasteiger partial charge in [-0.2, -0.15) is 0 Å². The van der Waals surface area contributed by atoms with Crippen LogP contribution in [0.1, 0.15) is 33.1 Å². The molecule has 1 heterocycles. The smallest absolute Gasteiger partial charge is 0.0107 e. The van der Waals surface area contributed by atoms with Crippen molar-refractivity contribution < 1.29 is 0 Å². The Bertz CT molecular complexity index is 145. The number of nitrogens with one attached hydrogen (secondary N) is 1. The van der Waals surface area contributed by atoms with Crippen molar-refractivity contribution in [2.75, 3.05) is 52.4 Å². The van der Waals surface area contributed by atoms with Crippen LogP contribution in [0.25, 0.3) is 0 Å². The van der Waals surface area contributed by atoms with Gasteiger partial charge in [0.15, 0.2) is 0 Å². The van der Waals surface area contributed by atoms with Gasteiger partial charge in [-0.15, -0.1) is 0 Å². The van der Waals surface area contributed by atoms with E-state index in [-0.39, 0.29) is 0 Å². The fourth-order valence-electron chi connectivity index (χ4n) is 2.34. The number of nitrogens with zero attached hydrogens (tertiary/aromatic N) is 2. The summed E-state index contributed by atoms with van der Waals surface area (Å²) < 4.78 is 0. The Labute approximate surface area is 101 Å². The first kappa shape index (κ1) is 13.9. The maximum Gasteiger partial charge on any atom is 0.0107 e. The second-order valence-corrected chi connectivity index (χ2v) is 4.68. The van der Waals surface area contributed by atoms with E-state index in [1.54, 1.807) is 0 Å². The molecule has 16 heavy (non-hydrogen) atoms. The Morgan fingerprint density at radius 1 is 1.06 bits per heavy atom. The molecule has 3 heteroatoms. The summed E-state index contributed by atoms with van der Waals surface area (Å²) in [6, 6.07) is 0. The van der Waals surface area contributed by atoms with Crippen molar-refractivity contribution >= 4 is 0 Å². The Morgan fingerprint density at radius 3 is 2.38 bits per heavy atom. The molecule has 0 aromatic heterocycles. The Kier molecular flexibility index (Phi) is 7.81. The van der Waals surface area contributed by atoms with Crippen molar-refractivity contribution in [3.05, 3.63) is 0 Å². The molecule has 1 saturated heterocycles. The average molecular weight is 227 g/mol. The molecule has 0 bridgehead atoms. The lowest BCUT2D eigenvalue weighted by Crippen LogP contribution is -2.32. The van der Waals surface area contributed by atoms with Crippen LogP contribution < -0.4 is 5.32 Å². The van der Waals surface area contributed by atoms with E-state index in [0.29, 0.717) is 0 Å². The molecule has 0 aliphatic carbocycles. The minimum Gasteiger partial charge on any atom is -0.315 e. The molecular formula is C13H29N3. The molecule has 1 rings (SSSR count). The summed E-state index contributed by atoms with van der Waals surface area (Å²) in [5.41, 5.74) is 0. The van der Waals surface area contributed by atoms with E-state index in [2.05, 4.69) is 29.0 Å². The Balaban J connectivity index is 1.84. The third kappa shape index (κ3) is 5.83. The van der Waals surface area contributed by atoms with Crippen molar-refractivity contribution in [1.82, 2.24) is 15.1 Å². The summed E-state index contributed by atoms with van der Waals surface area (Å²) in [6.45, 7) is 14.3. The van der Waals surface area contributed by atoms with Crippen molar-refractivity contribution in [3.63, 3.8) is 0 Å². The normalized spacial score (nSPS) is 17.4. The summed E-state index contributed by atoms with van der Waals surface area (Å²) in [5, 5.41) is 3.55. The number of rotatable bonds is 9. The molecule has 1 N–H and O–H groups in total. The van der Waals surface area contributed by atoms with Crippen LogP contribution in [0.3, 0.4) is 0 Å². The number of hydrogen-bond acceptors (Lipinski definition) is 3. The molecule has 1 aliphatic rings. The highest BCUT2D eigenvalue weighted by atomic mass is 15.2. The second-order valence-electron chi connectivity index (χ2n) is 4.68. The largest absolute Gasteiger partial charge is 0.315 e. The van der Waals surface area contributed by atoms with Crippen molar-refractivity contribution in [3.8, 4) is 0 Å². The quantitative estimate of drug-likeness (QED) is 0.601. The van der Waals surface area contributed by atoms with Crippen molar-refractivity contribution in [1.29, 1.82) is 0 Å². The van der Waals surface area contributed by atoms with Crippen LogP contribution in [0.15, 0.2) is 0 Å². The molecule has 0 spiro atoms. The molecule has 0 aromatic carbocycles. The predicted molar refractivity (Wildman–Crippen MR) is 70.9 cm³/mol. The van der Waals surface area contributed by atoms with Gasteiger partial charge in [-0.1, -0.05) is 13.8 Å². The lowest BCUT2D eigenvalue weighted by Gasteiger charge is -2.18. The van der Waals surface area contributed by atoms with E-state index < -0.39 is 0 Å². The second kappa shape index (κ2) is 8.97. The van der Waals surface area contributed by atoms with Crippen LogP contribution in [-0.2, 0) is 0 Å². The van der Waals surface area contributed by atoms with Crippen LogP contribution in [0.5, 0.6) is 0 Å². The molecule has 0 atom stereocenters. The maximum atomic E-state index is 3.55. The van der Waals surface area contributed by atoms with Gasteiger partial charge in [-0.05, 0) is 58.5 Å².